The number of hydrogen-bond acceptors (Lipinski definition) is 6. The van der Waals surface area contributed by atoms with E-state index in [0.717, 1.165) is 0 Å². The normalized spacial score (nSPS) is 11.4. The highest BCUT2D eigenvalue weighted by Crippen LogP contribution is 2.25. The highest BCUT2D eigenvalue weighted by atomic mass is 35.5. The number of ether oxygens (including phenoxy) is 2. The first-order valence-electron chi connectivity index (χ1n) is 9.39. The van der Waals surface area contributed by atoms with Gasteiger partial charge in [0.1, 0.15) is 23.0 Å². The summed E-state index contributed by atoms with van der Waals surface area (Å²) in [5, 5.41) is 4.04. The lowest BCUT2D eigenvalue weighted by Gasteiger charge is -2.13. The third-order valence-electron chi connectivity index (χ3n) is 4.41. The van der Waals surface area contributed by atoms with Crippen molar-refractivity contribution in [3.8, 4) is 11.5 Å². The number of benzene rings is 3. The molecule has 0 saturated carbocycles. The van der Waals surface area contributed by atoms with E-state index in [1.165, 1.54) is 31.5 Å². The number of para-hydroxylation sites is 1. The minimum Gasteiger partial charge on any atom is -0.496 e. The van der Waals surface area contributed by atoms with Gasteiger partial charge >= 0.3 is 0 Å². The monoisotopic (exact) mass is 507 g/mol. The van der Waals surface area contributed by atoms with Crippen LogP contribution < -0.4 is 20.0 Å². The fourth-order valence-corrected chi connectivity index (χ4v) is 4.40. The zero-order chi connectivity index (χ0) is 24.0. The molecular weight excluding hydrogens is 489 g/mol. The molecule has 0 heterocycles. The quantitative estimate of drug-likeness (QED) is 0.335. The smallest absolute Gasteiger partial charge is 0.278 e. The van der Waals surface area contributed by atoms with E-state index < -0.39 is 15.9 Å². The Bertz CT molecular complexity index is 1310. The Kier molecular flexibility index (Phi) is 7.80. The zero-order valence-corrected chi connectivity index (χ0v) is 19.6. The van der Waals surface area contributed by atoms with E-state index in [4.69, 9.17) is 38.4 Å². The van der Waals surface area contributed by atoms with Crippen molar-refractivity contribution in [2.24, 2.45) is 10.8 Å². The summed E-state index contributed by atoms with van der Waals surface area (Å²) in [5.74, 6) is 0.262. The Hall–Kier alpha value is -3.27. The second-order valence-corrected chi connectivity index (χ2v) is 9.12. The fourth-order valence-electron chi connectivity index (χ4n) is 2.85. The first kappa shape index (κ1) is 24.4. The molecule has 3 rings (SSSR count). The summed E-state index contributed by atoms with van der Waals surface area (Å²) < 4.78 is 36.0. The number of sulfonamides is 1. The van der Waals surface area contributed by atoms with Gasteiger partial charge in [0, 0.05) is 10.6 Å². The molecule has 0 bridgehead atoms. The Labute approximate surface area is 201 Å². The molecule has 3 aromatic carbocycles. The van der Waals surface area contributed by atoms with Crippen LogP contribution in [0, 0.1) is 0 Å². The van der Waals surface area contributed by atoms with Crippen LogP contribution in [0.25, 0.3) is 0 Å². The number of methoxy groups -OCH3 is 1. The van der Waals surface area contributed by atoms with Crippen molar-refractivity contribution < 1.29 is 22.7 Å². The molecule has 3 N–H and O–H groups in total. The minimum absolute atomic E-state index is 0.0159. The molecule has 33 heavy (non-hydrogen) atoms. The molecule has 0 aliphatic carbocycles. The highest BCUT2D eigenvalue weighted by Gasteiger charge is 2.17. The zero-order valence-electron chi connectivity index (χ0n) is 17.3. The van der Waals surface area contributed by atoms with Gasteiger partial charge in [0.05, 0.1) is 23.9 Å². The molecule has 8 nitrogen and oxygen atoms in total. The predicted octanol–water partition coefficient (Wildman–Crippen LogP) is 3.99. The second kappa shape index (κ2) is 10.6. The Balaban J connectivity index is 1.77. The number of nitrogens with zero attached hydrogens (tertiary/aromatic N) is 1. The Morgan fingerprint density at radius 2 is 1.85 bits per heavy atom. The van der Waals surface area contributed by atoms with Crippen LogP contribution in [0.2, 0.25) is 10.0 Å². The van der Waals surface area contributed by atoms with E-state index in [1.807, 2.05) is 0 Å². The summed E-state index contributed by atoms with van der Waals surface area (Å²) in [4.78, 5) is 13.5. The number of carbonyl (C=O) groups is 1. The van der Waals surface area contributed by atoms with Crippen LogP contribution in [-0.2, 0) is 16.6 Å². The van der Waals surface area contributed by atoms with Crippen molar-refractivity contribution in [3.63, 3.8) is 0 Å². The third-order valence-corrected chi connectivity index (χ3v) is 6.35. The van der Waals surface area contributed by atoms with Gasteiger partial charge in [-0.3, -0.25) is 4.79 Å². The molecule has 0 aliphatic heterocycles. The third kappa shape index (κ3) is 6.16. The molecule has 0 saturated heterocycles. The number of amides is 1. The molecular formula is C22H19Cl2N3O5S. The van der Waals surface area contributed by atoms with Crippen LogP contribution in [0.1, 0.15) is 21.5 Å². The number of nitrogens with two attached hydrogens (primary N) is 1. The van der Waals surface area contributed by atoms with Crippen LogP contribution >= 0.6 is 23.2 Å². The molecule has 3 aromatic rings. The summed E-state index contributed by atoms with van der Waals surface area (Å²) in [6.45, 7) is 0.0684. The van der Waals surface area contributed by atoms with Crippen LogP contribution in [-0.4, -0.2) is 27.6 Å². The maximum absolute atomic E-state index is 12.5. The van der Waals surface area contributed by atoms with Gasteiger partial charge in [-0.15, -0.1) is 0 Å². The van der Waals surface area contributed by atoms with E-state index >= 15 is 0 Å². The summed E-state index contributed by atoms with van der Waals surface area (Å²) >= 11 is 11.8. The first-order chi connectivity index (χ1) is 15.7. The molecule has 11 heteroatoms. The van der Waals surface area contributed by atoms with Crippen LogP contribution in [0.15, 0.2) is 70.7 Å². The van der Waals surface area contributed by atoms with E-state index in [-0.39, 0.29) is 27.1 Å². The number of hydrazone groups is 1. The molecule has 0 spiro atoms. The van der Waals surface area contributed by atoms with Crippen molar-refractivity contribution in [2.45, 2.75) is 11.5 Å². The van der Waals surface area contributed by atoms with Gasteiger partial charge in [-0.2, -0.15) is 13.5 Å². The van der Waals surface area contributed by atoms with E-state index in [1.54, 1.807) is 42.5 Å². The van der Waals surface area contributed by atoms with Gasteiger partial charge in [0.2, 0.25) is 0 Å². The van der Waals surface area contributed by atoms with Gasteiger partial charge in [-0.1, -0.05) is 35.3 Å². The van der Waals surface area contributed by atoms with Gasteiger partial charge < -0.3 is 15.2 Å². The summed E-state index contributed by atoms with van der Waals surface area (Å²) in [7, 11) is -2.52. The number of halogens is 2. The van der Waals surface area contributed by atoms with Crippen molar-refractivity contribution in [2.75, 3.05) is 7.11 Å². The fraction of sp³-hybridized carbons (Fsp3) is 0.0909. The average molecular weight is 508 g/mol. The maximum atomic E-state index is 12.5. The maximum Gasteiger partial charge on any atom is 0.278 e. The number of hydrogen-bond donors (Lipinski definition) is 2. The average Bonchev–Trinajstić information content (AvgIpc) is 2.79. The van der Waals surface area contributed by atoms with Crippen LogP contribution in [0.5, 0.6) is 11.5 Å². The highest BCUT2D eigenvalue weighted by molar-refractivity contribution is 7.89. The summed E-state index contributed by atoms with van der Waals surface area (Å²) in [6, 6.07) is 15.8. The van der Waals surface area contributed by atoms with Gasteiger partial charge in [0.15, 0.2) is 0 Å². The van der Waals surface area contributed by atoms with Crippen molar-refractivity contribution in [1.82, 2.24) is 4.83 Å². The lowest BCUT2D eigenvalue weighted by Crippen LogP contribution is -2.18. The molecule has 0 atom stereocenters. The lowest BCUT2D eigenvalue weighted by atomic mass is 10.1. The molecule has 0 aliphatic rings. The van der Waals surface area contributed by atoms with Crippen LogP contribution in [0.3, 0.4) is 0 Å². The lowest BCUT2D eigenvalue weighted by molar-refractivity contribution is 0.0996. The molecule has 0 unspecified atom stereocenters. The summed E-state index contributed by atoms with van der Waals surface area (Å²) in [5.41, 5.74) is 6.84. The standard InChI is InChI=1S/C22H19Cl2N3O5S/c1-31-19-9-6-14(10-15(19)13-32-20-5-3-2-4-17(20)22(25)28)12-26-27-33(29,30)21-11-16(23)7-8-18(21)24/h2-12,27H,13H2,1H3,(H2,25,28)/b26-12+. The topological polar surface area (TPSA) is 120 Å². The van der Waals surface area contributed by atoms with Crippen molar-refractivity contribution >= 4 is 45.3 Å². The number of nitrogens with one attached hydrogen (secondary N) is 1. The van der Waals surface area contributed by atoms with E-state index in [0.29, 0.717) is 22.6 Å². The van der Waals surface area contributed by atoms with Gasteiger partial charge in [-0.25, -0.2) is 4.83 Å². The molecule has 172 valence electrons. The second-order valence-electron chi connectivity index (χ2n) is 6.65. The van der Waals surface area contributed by atoms with Crippen molar-refractivity contribution in [3.05, 3.63) is 87.4 Å². The molecule has 0 fully saturated rings. The van der Waals surface area contributed by atoms with Gasteiger partial charge in [-0.05, 0) is 54.1 Å². The number of primary amides is 1. The van der Waals surface area contributed by atoms with Crippen molar-refractivity contribution in [1.29, 1.82) is 0 Å². The Morgan fingerprint density at radius 1 is 1.09 bits per heavy atom. The predicted molar refractivity (Wildman–Crippen MR) is 127 cm³/mol. The molecule has 1 amide bonds. The summed E-state index contributed by atoms with van der Waals surface area (Å²) in [6.07, 6.45) is 1.32. The number of carbonyl (C=O) groups excluding carboxylic acids is 1. The largest absolute Gasteiger partial charge is 0.496 e. The molecule has 0 aromatic heterocycles. The van der Waals surface area contributed by atoms with Gasteiger partial charge in [0.25, 0.3) is 15.9 Å². The minimum atomic E-state index is -4.02. The van der Waals surface area contributed by atoms with E-state index in [2.05, 4.69) is 9.93 Å². The SMILES string of the molecule is COc1ccc(/C=N/NS(=O)(=O)c2cc(Cl)ccc2Cl)cc1COc1ccccc1C(N)=O. The van der Waals surface area contributed by atoms with E-state index in [9.17, 15) is 13.2 Å². The molecule has 0 radical (unpaired) electrons. The first-order valence-corrected chi connectivity index (χ1v) is 11.6. The van der Waals surface area contributed by atoms with Crippen LogP contribution in [0.4, 0.5) is 0 Å². The Morgan fingerprint density at radius 3 is 2.58 bits per heavy atom. The number of rotatable bonds is 9.